The molecule has 2 fully saturated rings. The molecular weight excluding hydrogens is 397 g/mol. The predicted molar refractivity (Wildman–Crippen MR) is 109 cm³/mol. The highest BCUT2D eigenvalue weighted by molar-refractivity contribution is 6.31. The summed E-state index contributed by atoms with van der Waals surface area (Å²) in [4.78, 5) is 31.3. The van der Waals surface area contributed by atoms with Gasteiger partial charge in [-0.3, -0.25) is 14.6 Å². The third-order valence-electron chi connectivity index (χ3n) is 5.98. The standard InChI is InChI=1S/C21H29ClFN3O3/c1-15(20(27)26-9-4-3-5-10-26)24-11-13-25(14-12-24)19(21(28)29-2)18-16(22)7-6-8-17(18)23/h6-8,15,19H,3-5,9-14H2,1-2H3/t15-,19+/m0/s1. The molecular formula is C21H29ClFN3O3. The third-order valence-corrected chi connectivity index (χ3v) is 6.31. The molecule has 0 aliphatic carbocycles. The molecule has 1 aromatic carbocycles. The van der Waals surface area contributed by atoms with Gasteiger partial charge in [0.15, 0.2) is 0 Å². The van der Waals surface area contributed by atoms with Crippen LogP contribution >= 0.6 is 11.6 Å². The number of ether oxygens (including phenoxy) is 1. The van der Waals surface area contributed by atoms with Crippen molar-refractivity contribution in [3.05, 3.63) is 34.6 Å². The number of hydrogen-bond donors (Lipinski definition) is 0. The highest BCUT2D eigenvalue weighted by atomic mass is 35.5. The first-order chi connectivity index (χ1) is 13.9. The average molecular weight is 426 g/mol. The van der Waals surface area contributed by atoms with Crippen molar-refractivity contribution < 1.29 is 18.7 Å². The van der Waals surface area contributed by atoms with E-state index in [1.54, 1.807) is 6.07 Å². The van der Waals surface area contributed by atoms with Crippen LogP contribution in [0.15, 0.2) is 18.2 Å². The molecule has 160 valence electrons. The lowest BCUT2D eigenvalue weighted by molar-refractivity contribution is -0.149. The van der Waals surface area contributed by atoms with Crippen LogP contribution in [0.25, 0.3) is 0 Å². The summed E-state index contributed by atoms with van der Waals surface area (Å²) < 4.78 is 19.4. The molecule has 0 aromatic heterocycles. The molecule has 0 N–H and O–H groups in total. The van der Waals surface area contributed by atoms with E-state index < -0.39 is 17.8 Å². The number of esters is 1. The van der Waals surface area contributed by atoms with E-state index in [9.17, 15) is 14.0 Å². The van der Waals surface area contributed by atoms with Gasteiger partial charge in [0.25, 0.3) is 0 Å². The molecule has 3 rings (SSSR count). The van der Waals surface area contributed by atoms with E-state index in [-0.39, 0.29) is 22.5 Å². The molecule has 2 atom stereocenters. The summed E-state index contributed by atoms with van der Waals surface area (Å²) in [6, 6.07) is 3.28. The number of amides is 1. The van der Waals surface area contributed by atoms with Gasteiger partial charge in [0.05, 0.1) is 13.2 Å². The molecule has 2 saturated heterocycles. The normalized spacial score (nSPS) is 20.9. The van der Waals surface area contributed by atoms with E-state index in [4.69, 9.17) is 16.3 Å². The Balaban J connectivity index is 1.68. The molecule has 2 aliphatic heterocycles. The van der Waals surface area contributed by atoms with Crippen LogP contribution in [0.2, 0.25) is 5.02 Å². The zero-order valence-corrected chi connectivity index (χ0v) is 17.8. The van der Waals surface area contributed by atoms with Gasteiger partial charge in [0.2, 0.25) is 5.91 Å². The Morgan fingerprint density at radius 2 is 1.66 bits per heavy atom. The number of piperazine rings is 1. The summed E-state index contributed by atoms with van der Waals surface area (Å²) >= 11 is 6.22. The van der Waals surface area contributed by atoms with Crippen LogP contribution < -0.4 is 0 Å². The van der Waals surface area contributed by atoms with Gasteiger partial charge < -0.3 is 9.64 Å². The van der Waals surface area contributed by atoms with Crippen molar-refractivity contribution >= 4 is 23.5 Å². The van der Waals surface area contributed by atoms with E-state index in [0.29, 0.717) is 26.2 Å². The zero-order chi connectivity index (χ0) is 21.0. The molecule has 0 bridgehead atoms. The second-order valence-corrected chi connectivity index (χ2v) is 8.10. The molecule has 2 heterocycles. The highest BCUT2D eigenvalue weighted by Gasteiger charge is 2.36. The molecule has 0 unspecified atom stereocenters. The number of methoxy groups -OCH3 is 1. The van der Waals surface area contributed by atoms with Crippen molar-refractivity contribution in [1.82, 2.24) is 14.7 Å². The van der Waals surface area contributed by atoms with E-state index in [1.165, 1.54) is 25.7 Å². The second-order valence-electron chi connectivity index (χ2n) is 7.69. The van der Waals surface area contributed by atoms with Gasteiger partial charge >= 0.3 is 5.97 Å². The molecule has 8 heteroatoms. The summed E-state index contributed by atoms with van der Waals surface area (Å²) in [5.74, 6) is -0.897. The Morgan fingerprint density at radius 3 is 2.24 bits per heavy atom. The molecule has 6 nitrogen and oxygen atoms in total. The van der Waals surface area contributed by atoms with Gasteiger partial charge in [0, 0.05) is 49.9 Å². The van der Waals surface area contributed by atoms with Crippen LogP contribution in [-0.4, -0.2) is 79.0 Å². The summed E-state index contributed by atoms with van der Waals surface area (Å²) in [5, 5.41) is 0.205. The van der Waals surface area contributed by atoms with Crippen molar-refractivity contribution in [3.63, 3.8) is 0 Å². The minimum Gasteiger partial charge on any atom is -0.468 e. The highest BCUT2D eigenvalue weighted by Crippen LogP contribution is 2.32. The van der Waals surface area contributed by atoms with Gasteiger partial charge in [-0.15, -0.1) is 0 Å². The Bertz CT molecular complexity index is 714. The van der Waals surface area contributed by atoms with Crippen molar-refractivity contribution in [1.29, 1.82) is 0 Å². The third kappa shape index (κ3) is 4.90. The lowest BCUT2D eigenvalue weighted by atomic mass is 10.0. The number of benzene rings is 1. The van der Waals surface area contributed by atoms with Crippen LogP contribution in [0.5, 0.6) is 0 Å². The number of carbonyl (C=O) groups is 2. The Labute approximate surface area is 176 Å². The maximum absolute atomic E-state index is 14.5. The summed E-state index contributed by atoms with van der Waals surface area (Å²) in [6.07, 6.45) is 3.32. The van der Waals surface area contributed by atoms with Crippen LogP contribution in [-0.2, 0) is 14.3 Å². The minimum atomic E-state index is -0.899. The first-order valence-electron chi connectivity index (χ1n) is 10.2. The van der Waals surface area contributed by atoms with Crippen LogP contribution in [0.4, 0.5) is 4.39 Å². The number of halogens is 2. The van der Waals surface area contributed by atoms with Crippen molar-refractivity contribution in [2.45, 2.75) is 38.3 Å². The number of carbonyl (C=O) groups excluding carboxylic acids is 2. The van der Waals surface area contributed by atoms with Crippen LogP contribution in [0.1, 0.15) is 37.8 Å². The molecule has 1 amide bonds. The van der Waals surface area contributed by atoms with Crippen molar-refractivity contribution in [3.8, 4) is 0 Å². The Hall–Kier alpha value is -1.70. The first-order valence-corrected chi connectivity index (χ1v) is 10.6. The molecule has 1 aromatic rings. The topological polar surface area (TPSA) is 53.1 Å². The fraction of sp³-hybridized carbons (Fsp3) is 0.619. The van der Waals surface area contributed by atoms with Crippen molar-refractivity contribution in [2.75, 3.05) is 46.4 Å². The summed E-state index contributed by atoms with van der Waals surface area (Å²) in [5.41, 5.74) is 0.145. The number of hydrogen-bond acceptors (Lipinski definition) is 5. The SMILES string of the molecule is COC(=O)[C@@H](c1c(F)cccc1Cl)N1CCN([C@@H](C)C(=O)N2CCCCC2)CC1. The smallest absolute Gasteiger partial charge is 0.327 e. The predicted octanol–water partition coefficient (Wildman–Crippen LogP) is 2.71. The van der Waals surface area contributed by atoms with E-state index in [0.717, 1.165) is 25.9 Å². The minimum absolute atomic E-state index is 0.145. The summed E-state index contributed by atoms with van der Waals surface area (Å²) in [6.45, 7) is 5.86. The molecule has 29 heavy (non-hydrogen) atoms. The van der Waals surface area contributed by atoms with E-state index in [1.807, 2.05) is 16.7 Å². The molecule has 0 radical (unpaired) electrons. The van der Waals surface area contributed by atoms with Gasteiger partial charge in [-0.05, 0) is 38.3 Å². The Kier molecular flexibility index (Phi) is 7.49. The van der Waals surface area contributed by atoms with Crippen LogP contribution in [0.3, 0.4) is 0 Å². The lowest BCUT2D eigenvalue weighted by Gasteiger charge is -2.41. The van der Waals surface area contributed by atoms with E-state index in [2.05, 4.69) is 4.90 Å². The first kappa shape index (κ1) is 22.0. The fourth-order valence-electron chi connectivity index (χ4n) is 4.25. The van der Waals surface area contributed by atoms with Gasteiger partial charge in [-0.1, -0.05) is 17.7 Å². The monoisotopic (exact) mass is 425 g/mol. The maximum atomic E-state index is 14.5. The number of nitrogens with zero attached hydrogens (tertiary/aromatic N) is 3. The average Bonchev–Trinajstić information content (AvgIpc) is 2.75. The Morgan fingerprint density at radius 1 is 1.03 bits per heavy atom. The molecule has 0 spiro atoms. The van der Waals surface area contributed by atoms with Crippen molar-refractivity contribution in [2.24, 2.45) is 0 Å². The number of likely N-dealkylation sites (tertiary alicyclic amines) is 1. The second kappa shape index (κ2) is 9.87. The van der Waals surface area contributed by atoms with Gasteiger partial charge in [0.1, 0.15) is 11.9 Å². The van der Waals surface area contributed by atoms with Gasteiger partial charge in [-0.2, -0.15) is 0 Å². The van der Waals surface area contributed by atoms with Gasteiger partial charge in [-0.25, -0.2) is 9.18 Å². The van der Waals surface area contributed by atoms with E-state index >= 15 is 0 Å². The number of rotatable bonds is 5. The summed E-state index contributed by atoms with van der Waals surface area (Å²) in [7, 11) is 1.29. The lowest BCUT2D eigenvalue weighted by Crippen LogP contribution is -2.56. The maximum Gasteiger partial charge on any atom is 0.327 e. The number of piperidine rings is 1. The molecule has 0 saturated carbocycles. The largest absolute Gasteiger partial charge is 0.468 e. The fourth-order valence-corrected chi connectivity index (χ4v) is 4.52. The molecule has 2 aliphatic rings. The quantitative estimate of drug-likeness (QED) is 0.679. The zero-order valence-electron chi connectivity index (χ0n) is 17.1. The van der Waals surface area contributed by atoms with Crippen LogP contribution in [0, 0.1) is 5.82 Å².